The van der Waals surface area contributed by atoms with E-state index in [0.717, 1.165) is 12.8 Å². The fraction of sp³-hybridized carbons (Fsp3) is 0.462. The highest BCUT2D eigenvalue weighted by Crippen LogP contribution is 2.48. The van der Waals surface area contributed by atoms with Crippen LogP contribution in [-0.4, -0.2) is 26.5 Å². The average molecular weight is 235 g/mol. The summed E-state index contributed by atoms with van der Waals surface area (Å²) in [4.78, 5) is 12.3. The molecule has 1 aromatic carbocycles. The number of hydrogen-bond donors (Lipinski definition) is 1. The predicted molar refractivity (Wildman–Crippen MR) is 64.6 cm³/mol. The third kappa shape index (κ3) is 2.00. The molecule has 0 spiro atoms. The minimum atomic E-state index is -0.345. The highest BCUT2D eigenvalue weighted by atomic mass is 16.5. The molecule has 1 saturated carbocycles. The minimum absolute atomic E-state index is 0.0829. The number of carbonyl (C=O) groups is 1. The van der Waals surface area contributed by atoms with E-state index in [4.69, 9.17) is 15.2 Å². The van der Waals surface area contributed by atoms with Gasteiger partial charge in [-0.25, -0.2) is 0 Å². The summed E-state index contributed by atoms with van der Waals surface area (Å²) in [5.41, 5.74) is 5.92. The number of ketones is 1. The summed E-state index contributed by atoms with van der Waals surface area (Å²) in [6, 6.07) is 5.23. The number of methoxy groups -OCH3 is 2. The van der Waals surface area contributed by atoms with Crippen LogP contribution in [-0.2, 0) is 0 Å². The largest absolute Gasteiger partial charge is 0.497 e. The minimum Gasteiger partial charge on any atom is -0.497 e. The van der Waals surface area contributed by atoms with Gasteiger partial charge in [-0.05, 0) is 25.0 Å². The smallest absolute Gasteiger partial charge is 0.173 e. The zero-order valence-electron chi connectivity index (χ0n) is 10.2. The van der Waals surface area contributed by atoms with Crippen LogP contribution in [0, 0.1) is 5.41 Å². The Bertz CT molecular complexity index is 438. The van der Waals surface area contributed by atoms with Crippen LogP contribution in [0.15, 0.2) is 18.2 Å². The Hall–Kier alpha value is -1.55. The second-order valence-corrected chi connectivity index (χ2v) is 4.38. The summed E-state index contributed by atoms with van der Waals surface area (Å²) in [5.74, 6) is 1.31. The fourth-order valence-electron chi connectivity index (χ4n) is 1.95. The molecular formula is C13H17NO3. The van der Waals surface area contributed by atoms with Crippen molar-refractivity contribution in [3.63, 3.8) is 0 Å². The maximum Gasteiger partial charge on any atom is 0.173 e. The molecule has 0 unspecified atom stereocenters. The van der Waals surface area contributed by atoms with Gasteiger partial charge in [0.25, 0.3) is 0 Å². The van der Waals surface area contributed by atoms with Gasteiger partial charge in [0.05, 0.1) is 19.8 Å². The Kier molecular flexibility index (Phi) is 3.07. The average Bonchev–Trinajstić information content (AvgIpc) is 3.18. The molecule has 17 heavy (non-hydrogen) atoms. The van der Waals surface area contributed by atoms with Gasteiger partial charge in [0.1, 0.15) is 11.5 Å². The Morgan fingerprint density at radius 3 is 2.53 bits per heavy atom. The Balaban J connectivity index is 2.35. The maximum atomic E-state index is 12.3. The van der Waals surface area contributed by atoms with Crippen molar-refractivity contribution in [1.82, 2.24) is 0 Å². The van der Waals surface area contributed by atoms with Crippen molar-refractivity contribution in [3.05, 3.63) is 23.8 Å². The zero-order chi connectivity index (χ0) is 12.5. The topological polar surface area (TPSA) is 61.5 Å². The monoisotopic (exact) mass is 235 g/mol. The third-order valence-corrected chi connectivity index (χ3v) is 3.38. The quantitative estimate of drug-likeness (QED) is 0.788. The Labute approximate surface area is 101 Å². The van der Waals surface area contributed by atoms with Gasteiger partial charge in [0.15, 0.2) is 5.78 Å². The third-order valence-electron chi connectivity index (χ3n) is 3.38. The molecule has 0 aromatic heterocycles. The van der Waals surface area contributed by atoms with Gasteiger partial charge in [0, 0.05) is 18.0 Å². The van der Waals surface area contributed by atoms with Crippen LogP contribution in [0.5, 0.6) is 11.5 Å². The van der Waals surface area contributed by atoms with Crippen LogP contribution in [0.1, 0.15) is 23.2 Å². The summed E-state index contributed by atoms with van der Waals surface area (Å²) >= 11 is 0. The van der Waals surface area contributed by atoms with Gasteiger partial charge in [-0.2, -0.15) is 0 Å². The Morgan fingerprint density at radius 1 is 1.35 bits per heavy atom. The Morgan fingerprint density at radius 2 is 2.06 bits per heavy atom. The van der Waals surface area contributed by atoms with E-state index in [2.05, 4.69) is 0 Å². The molecule has 92 valence electrons. The summed E-state index contributed by atoms with van der Waals surface area (Å²) in [7, 11) is 3.13. The van der Waals surface area contributed by atoms with E-state index in [1.165, 1.54) is 0 Å². The van der Waals surface area contributed by atoms with Crippen molar-refractivity contribution in [2.24, 2.45) is 11.1 Å². The number of carbonyl (C=O) groups excluding carboxylic acids is 1. The van der Waals surface area contributed by atoms with Crippen LogP contribution < -0.4 is 15.2 Å². The number of ether oxygens (including phenoxy) is 2. The van der Waals surface area contributed by atoms with Crippen molar-refractivity contribution in [2.75, 3.05) is 20.8 Å². The van der Waals surface area contributed by atoms with Crippen molar-refractivity contribution in [1.29, 1.82) is 0 Å². The number of benzene rings is 1. The van der Waals surface area contributed by atoms with E-state index >= 15 is 0 Å². The lowest BCUT2D eigenvalue weighted by atomic mass is 9.94. The zero-order valence-corrected chi connectivity index (χ0v) is 10.2. The van der Waals surface area contributed by atoms with Gasteiger partial charge in [-0.3, -0.25) is 4.79 Å². The first kappa shape index (κ1) is 11.9. The highest BCUT2D eigenvalue weighted by Gasteiger charge is 2.49. The summed E-state index contributed by atoms with van der Waals surface area (Å²) in [5, 5.41) is 0. The molecule has 0 heterocycles. The SMILES string of the molecule is COc1ccc(C(=O)C2(CN)CC2)c(OC)c1. The standard InChI is InChI=1S/C13H17NO3/c1-16-9-3-4-10(11(7-9)17-2)12(15)13(8-14)5-6-13/h3-4,7H,5-6,8,14H2,1-2H3. The molecule has 0 radical (unpaired) electrons. The lowest BCUT2D eigenvalue weighted by molar-refractivity contribution is 0.0902. The number of Topliss-reactive ketones (excluding diaryl/α,β-unsaturated/α-hetero) is 1. The predicted octanol–water partition coefficient (Wildman–Crippen LogP) is 1.63. The number of rotatable bonds is 5. The van der Waals surface area contributed by atoms with Crippen LogP contribution >= 0.6 is 0 Å². The molecule has 1 aliphatic rings. The normalized spacial score (nSPS) is 16.4. The lowest BCUT2D eigenvalue weighted by Crippen LogP contribution is -2.25. The fourth-order valence-corrected chi connectivity index (χ4v) is 1.95. The molecule has 1 aliphatic carbocycles. The first-order chi connectivity index (χ1) is 8.16. The van der Waals surface area contributed by atoms with E-state index in [1.807, 2.05) is 0 Å². The highest BCUT2D eigenvalue weighted by molar-refractivity contribution is 6.04. The van der Waals surface area contributed by atoms with Crippen LogP contribution in [0.4, 0.5) is 0 Å². The van der Waals surface area contributed by atoms with E-state index < -0.39 is 0 Å². The van der Waals surface area contributed by atoms with Gasteiger partial charge >= 0.3 is 0 Å². The molecule has 0 bridgehead atoms. The molecule has 0 amide bonds. The molecule has 4 nitrogen and oxygen atoms in total. The van der Waals surface area contributed by atoms with Gasteiger partial charge < -0.3 is 15.2 Å². The first-order valence-corrected chi connectivity index (χ1v) is 5.64. The molecule has 4 heteroatoms. The summed E-state index contributed by atoms with van der Waals surface area (Å²) in [6.07, 6.45) is 1.75. The van der Waals surface area contributed by atoms with Gasteiger partial charge in [0.2, 0.25) is 0 Å². The van der Waals surface area contributed by atoms with Crippen LogP contribution in [0.25, 0.3) is 0 Å². The number of hydrogen-bond acceptors (Lipinski definition) is 4. The van der Waals surface area contributed by atoms with Crippen molar-refractivity contribution in [2.45, 2.75) is 12.8 Å². The maximum absolute atomic E-state index is 12.3. The van der Waals surface area contributed by atoms with Gasteiger partial charge in [-0.1, -0.05) is 0 Å². The molecule has 1 fully saturated rings. The van der Waals surface area contributed by atoms with Gasteiger partial charge in [-0.15, -0.1) is 0 Å². The second-order valence-electron chi connectivity index (χ2n) is 4.38. The van der Waals surface area contributed by atoms with E-state index in [-0.39, 0.29) is 11.2 Å². The molecule has 0 atom stereocenters. The molecule has 0 saturated heterocycles. The van der Waals surface area contributed by atoms with Crippen molar-refractivity contribution >= 4 is 5.78 Å². The summed E-state index contributed by atoms with van der Waals surface area (Å²) < 4.78 is 10.3. The molecule has 2 rings (SSSR count). The lowest BCUT2D eigenvalue weighted by Gasteiger charge is -2.14. The number of nitrogens with two attached hydrogens (primary N) is 1. The second kappa shape index (κ2) is 4.37. The van der Waals surface area contributed by atoms with Crippen molar-refractivity contribution in [3.8, 4) is 11.5 Å². The summed E-state index contributed by atoms with van der Waals surface area (Å²) in [6.45, 7) is 0.404. The molecule has 0 aliphatic heterocycles. The van der Waals surface area contributed by atoms with E-state index in [1.54, 1.807) is 32.4 Å². The first-order valence-electron chi connectivity index (χ1n) is 5.64. The van der Waals surface area contributed by atoms with E-state index in [9.17, 15) is 4.79 Å². The van der Waals surface area contributed by atoms with E-state index in [0.29, 0.717) is 23.6 Å². The molecule has 2 N–H and O–H groups in total. The molecule has 1 aromatic rings. The van der Waals surface area contributed by atoms with Crippen LogP contribution in [0.3, 0.4) is 0 Å². The van der Waals surface area contributed by atoms with Crippen molar-refractivity contribution < 1.29 is 14.3 Å². The van der Waals surface area contributed by atoms with Crippen LogP contribution in [0.2, 0.25) is 0 Å². The molecular weight excluding hydrogens is 218 g/mol.